The third-order valence-corrected chi connectivity index (χ3v) is 8.35. The van der Waals surface area contributed by atoms with Crippen molar-refractivity contribution < 1.29 is 23.1 Å². The number of carbonyl (C=O) groups excluding carboxylic acids is 1. The molecule has 2 atom stereocenters. The van der Waals surface area contributed by atoms with E-state index >= 15 is 0 Å². The second kappa shape index (κ2) is 6.69. The highest BCUT2D eigenvalue weighted by molar-refractivity contribution is 7.91. The van der Waals surface area contributed by atoms with Crippen molar-refractivity contribution in [2.24, 2.45) is 5.41 Å². The van der Waals surface area contributed by atoms with Gasteiger partial charge in [0, 0.05) is 19.6 Å². The average molecular weight is 386 g/mol. The Morgan fingerprint density at radius 3 is 2.72 bits per heavy atom. The molecule has 138 valence electrons. The van der Waals surface area contributed by atoms with Crippen LogP contribution in [0.3, 0.4) is 0 Å². The minimum atomic E-state index is -3.69. The Balaban J connectivity index is 1.81. The number of sulfonamides is 1. The van der Waals surface area contributed by atoms with Gasteiger partial charge in [0.2, 0.25) is 5.91 Å². The highest BCUT2D eigenvalue weighted by atomic mass is 32.2. The van der Waals surface area contributed by atoms with Gasteiger partial charge in [-0.05, 0) is 44.1 Å². The first-order valence-electron chi connectivity index (χ1n) is 8.33. The molecule has 7 nitrogen and oxygen atoms in total. The number of carboxylic acid groups (broad SMARTS) is 1. The molecule has 3 rings (SSSR count). The minimum Gasteiger partial charge on any atom is -0.481 e. The molecule has 1 N–H and O–H groups in total. The average Bonchev–Trinajstić information content (AvgIpc) is 3.26. The molecule has 9 heteroatoms. The lowest BCUT2D eigenvalue weighted by Crippen LogP contribution is -2.54. The Bertz CT molecular complexity index is 761. The van der Waals surface area contributed by atoms with Crippen molar-refractivity contribution in [1.82, 2.24) is 9.21 Å². The summed E-state index contributed by atoms with van der Waals surface area (Å²) < 4.78 is 27.1. The summed E-state index contributed by atoms with van der Waals surface area (Å²) in [5, 5.41) is 11.1. The van der Waals surface area contributed by atoms with E-state index in [9.17, 15) is 23.1 Å². The minimum absolute atomic E-state index is 0.130. The molecule has 2 aliphatic heterocycles. The Morgan fingerprint density at radius 1 is 1.32 bits per heavy atom. The molecule has 0 bridgehead atoms. The van der Waals surface area contributed by atoms with Crippen LogP contribution in [-0.2, 0) is 19.6 Å². The zero-order chi connectivity index (χ0) is 18.2. The van der Waals surface area contributed by atoms with Gasteiger partial charge < -0.3 is 10.0 Å². The maximum absolute atomic E-state index is 13.0. The molecule has 1 amide bonds. The second-order valence-corrected chi connectivity index (χ2v) is 10.0. The Hall–Kier alpha value is -1.45. The van der Waals surface area contributed by atoms with Crippen molar-refractivity contribution >= 4 is 33.2 Å². The first-order valence-corrected chi connectivity index (χ1v) is 10.7. The van der Waals surface area contributed by atoms with Gasteiger partial charge in [0.25, 0.3) is 10.0 Å². The van der Waals surface area contributed by atoms with E-state index in [0.29, 0.717) is 38.8 Å². The summed E-state index contributed by atoms with van der Waals surface area (Å²) in [5.41, 5.74) is -0.968. The highest BCUT2D eigenvalue weighted by Crippen LogP contribution is 2.33. The molecule has 25 heavy (non-hydrogen) atoms. The van der Waals surface area contributed by atoms with Crippen molar-refractivity contribution in [2.45, 2.75) is 42.9 Å². The van der Waals surface area contributed by atoms with E-state index in [1.54, 1.807) is 24.4 Å². The monoisotopic (exact) mass is 386 g/mol. The van der Waals surface area contributed by atoms with Gasteiger partial charge in [-0.15, -0.1) is 11.3 Å². The van der Waals surface area contributed by atoms with Crippen molar-refractivity contribution in [2.75, 3.05) is 19.6 Å². The number of rotatable bonds is 4. The number of hydrogen-bond acceptors (Lipinski definition) is 5. The zero-order valence-electron chi connectivity index (χ0n) is 14.1. The Morgan fingerprint density at radius 2 is 2.08 bits per heavy atom. The lowest BCUT2D eigenvalue weighted by atomic mass is 9.82. The number of carbonyl (C=O) groups is 2. The summed E-state index contributed by atoms with van der Waals surface area (Å²) >= 11 is 1.14. The number of thiophene rings is 1. The van der Waals surface area contributed by atoms with Gasteiger partial charge in [-0.1, -0.05) is 6.07 Å². The van der Waals surface area contributed by atoms with E-state index < -0.39 is 27.4 Å². The molecule has 0 spiro atoms. The first-order chi connectivity index (χ1) is 11.8. The normalized spacial score (nSPS) is 28.2. The van der Waals surface area contributed by atoms with Gasteiger partial charge in [0.15, 0.2) is 0 Å². The van der Waals surface area contributed by atoms with Crippen LogP contribution in [0.2, 0.25) is 0 Å². The number of aliphatic carboxylic acids is 1. The molecule has 1 aromatic rings. The predicted octanol–water partition coefficient (Wildman–Crippen LogP) is 1.61. The Kier molecular flexibility index (Phi) is 4.91. The number of carboxylic acids is 1. The van der Waals surface area contributed by atoms with Crippen LogP contribution in [-0.4, -0.2) is 60.3 Å². The van der Waals surface area contributed by atoms with Crippen LogP contribution in [0, 0.1) is 5.41 Å². The molecule has 2 unspecified atom stereocenters. The fraction of sp³-hybridized carbons (Fsp3) is 0.625. The second-order valence-electron chi connectivity index (χ2n) is 6.94. The van der Waals surface area contributed by atoms with Crippen molar-refractivity contribution in [1.29, 1.82) is 0 Å². The molecule has 0 aromatic carbocycles. The summed E-state index contributed by atoms with van der Waals surface area (Å²) in [5.74, 6) is -1.19. The molecule has 2 fully saturated rings. The summed E-state index contributed by atoms with van der Waals surface area (Å²) in [6.07, 6.45) is 2.24. The molecular formula is C16H22N2O5S2. The molecule has 2 aliphatic rings. The third kappa shape index (κ3) is 3.32. The summed E-state index contributed by atoms with van der Waals surface area (Å²) in [6.45, 7) is 2.57. The van der Waals surface area contributed by atoms with E-state index in [-0.39, 0.29) is 16.7 Å². The van der Waals surface area contributed by atoms with Crippen molar-refractivity contribution in [3.8, 4) is 0 Å². The van der Waals surface area contributed by atoms with Crippen molar-refractivity contribution in [3.63, 3.8) is 0 Å². The van der Waals surface area contributed by atoms with Crippen LogP contribution in [0.25, 0.3) is 0 Å². The first kappa shape index (κ1) is 18.3. The van der Waals surface area contributed by atoms with Crippen LogP contribution >= 0.6 is 11.3 Å². The number of hydrogen-bond donors (Lipinski definition) is 1. The number of likely N-dealkylation sites (tertiary alicyclic amines) is 1. The van der Waals surface area contributed by atoms with Gasteiger partial charge in [-0.25, -0.2) is 8.42 Å². The lowest BCUT2D eigenvalue weighted by Gasteiger charge is -2.39. The van der Waals surface area contributed by atoms with Gasteiger partial charge in [0.1, 0.15) is 10.3 Å². The van der Waals surface area contributed by atoms with Crippen molar-refractivity contribution in [3.05, 3.63) is 17.5 Å². The molecule has 0 aliphatic carbocycles. The maximum Gasteiger partial charge on any atom is 0.311 e. The number of nitrogens with zero attached hydrogens (tertiary/aromatic N) is 2. The topological polar surface area (TPSA) is 95.0 Å². The van der Waals surface area contributed by atoms with Gasteiger partial charge >= 0.3 is 5.97 Å². The smallest absolute Gasteiger partial charge is 0.311 e. The fourth-order valence-corrected chi connectivity index (χ4v) is 6.38. The summed E-state index contributed by atoms with van der Waals surface area (Å²) in [4.78, 5) is 26.0. The van der Waals surface area contributed by atoms with Crippen LogP contribution in [0.1, 0.15) is 32.6 Å². The summed E-state index contributed by atoms with van der Waals surface area (Å²) in [6, 6.07) is 2.48. The number of piperidine rings is 1. The molecule has 1 aromatic heterocycles. The fourth-order valence-electron chi connectivity index (χ4n) is 3.61. The van der Waals surface area contributed by atoms with Crippen LogP contribution in [0.4, 0.5) is 0 Å². The number of amides is 1. The third-order valence-electron chi connectivity index (χ3n) is 5.07. The standard InChI is InChI=1S/C16H22N2O5S2/c1-16(15(20)21)7-4-8-17(11-16)14(19)12-5-2-9-18(12)25(22,23)13-6-3-10-24-13/h3,6,10,12H,2,4-5,7-9,11H2,1H3,(H,20,21). The van der Waals surface area contributed by atoms with E-state index in [0.717, 1.165) is 11.3 Å². The van der Waals surface area contributed by atoms with Gasteiger partial charge in [0.05, 0.1) is 5.41 Å². The van der Waals surface area contributed by atoms with Gasteiger partial charge in [-0.3, -0.25) is 9.59 Å². The quantitative estimate of drug-likeness (QED) is 0.848. The zero-order valence-corrected chi connectivity index (χ0v) is 15.7. The van der Waals surface area contributed by atoms with E-state index in [1.165, 1.54) is 9.21 Å². The van der Waals surface area contributed by atoms with E-state index in [2.05, 4.69) is 0 Å². The van der Waals surface area contributed by atoms with E-state index in [1.807, 2.05) is 0 Å². The van der Waals surface area contributed by atoms with Crippen LogP contribution in [0.5, 0.6) is 0 Å². The molecular weight excluding hydrogens is 364 g/mol. The van der Waals surface area contributed by atoms with Crippen LogP contribution < -0.4 is 0 Å². The highest BCUT2D eigenvalue weighted by Gasteiger charge is 2.45. The maximum atomic E-state index is 13.0. The lowest BCUT2D eigenvalue weighted by molar-refractivity contribution is -0.154. The van der Waals surface area contributed by atoms with Crippen LogP contribution in [0.15, 0.2) is 21.7 Å². The largest absolute Gasteiger partial charge is 0.481 e. The van der Waals surface area contributed by atoms with E-state index in [4.69, 9.17) is 0 Å². The molecule has 0 saturated carbocycles. The summed E-state index contributed by atoms with van der Waals surface area (Å²) in [7, 11) is -3.69. The molecule has 3 heterocycles. The molecule has 2 saturated heterocycles. The molecule has 0 radical (unpaired) electrons. The predicted molar refractivity (Wildman–Crippen MR) is 92.8 cm³/mol. The SMILES string of the molecule is CC1(C(=O)O)CCCN(C(=O)C2CCCN2S(=O)(=O)c2cccs2)C1. The Labute approximate surface area is 151 Å². The van der Waals surface area contributed by atoms with Gasteiger partial charge in [-0.2, -0.15) is 4.31 Å².